The van der Waals surface area contributed by atoms with Crippen LogP contribution in [0.3, 0.4) is 0 Å². The number of rotatable bonds is 4. The summed E-state index contributed by atoms with van der Waals surface area (Å²) in [5, 5.41) is 3.25. The van der Waals surface area contributed by atoms with Crippen LogP contribution in [0.2, 0.25) is 0 Å². The maximum atomic E-state index is 5.38. The zero-order valence-corrected chi connectivity index (χ0v) is 10.6. The largest absolute Gasteiger partial charge is 0.340 e. The van der Waals surface area contributed by atoms with Crippen molar-refractivity contribution in [2.24, 2.45) is 5.84 Å². The molecule has 0 saturated heterocycles. The summed E-state index contributed by atoms with van der Waals surface area (Å²) < 4.78 is 0. The van der Waals surface area contributed by atoms with Crippen LogP contribution < -0.4 is 16.6 Å². The molecular weight excluding hydrogens is 226 g/mol. The van der Waals surface area contributed by atoms with Crippen LogP contribution in [0.25, 0.3) is 0 Å². The van der Waals surface area contributed by atoms with Gasteiger partial charge in [-0.05, 0) is 31.0 Å². The summed E-state index contributed by atoms with van der Waals surface area (Å²) in [5.41, 5.74) is 5.74. The fraction of sp³-hybridized carbons (Fsp3) is 0.231. The minimum absolute atomic E-state index is 0.623. The second-order valence-corrected chi connectivity index (χ2v) is 4.02. The van der Waals surface area contributed by atoms with Crippen molar-refractivity contribution in [3.05, 3.63) is 41.7 Å². The van der Waals surface area contributed by atoms with Gasteiger partial charge in [0.15, 0.2) is 0 Å². The van der Waals surface area contributed by atoms with E-state index in [4.69, 9.17) is 5.84 Å². The van der Waals surface area contributed by atoms with Crippen LogP contribution in [0.5, 0.6) is 0 Å². The van der Waals surface area contributed by atoms with Gasteiger partial charge < -0.3 is 10.7 Å². The number of hydrazine groups is 1. The molecule has 0 atom stereocenters. The van der Waals surface area contributed by atoms with Crippen LogP contribution >= 0.6 is 0 Å². The molecule has 0 aliphatic rings. The maximum Gasteiger partial charge on any atom is 0.148 e. The molecule has 0 fully saturated rings. The SMILES string of the molecule is CCc1ccc(Nc2ncnc(NN)c2C)cc1. The van der Waals surface area contributed by atoms with Crippen LogP contribution in [-0.4, -0.2) is 9.97 Å². The van der Waals surface area contributed by atoms with Crippen LogP contribution in [0.4, 0.5) is 17.3 Å². The maximum absolute atomic E-state index is 5.38. The predicted octanol–water partition coefficient (Wildman–Crippen LogP) is 2.38. The Morgan fingerprint density at radius 2 is 1.78 bits per heavy atom. The van der Waals surface area contributed by atoms with Gasteiger partial charge in [-0.15, -0.1) is 0 Å². The van der Waals surface area contributed by atoms with Gasteiger partial charge in [0.25, 0.3) is 0 Å². The molecule has 0 unspecified atom stereocenters. The topological polar surface area (TPSA) is 75.9 Å². The highest BCUT2D eigenvalue weighted by Crippen LogP contribution is 2.21. The Labute approximate surface area is 106 Å². The highest BCUT2D eigenvalue weighted by atomic mass is 15.3. The van der Waals surface area contributed by atoms with Crippen molar-refractivity contribution in [2.45, 2.75) is 20.3 Å². The monoisotopic (exact) mass is 243 g/mol. The van der Waals surface area contributed by atoms with Crippen LogP contribution in [0, 0.1) is 6.92 Å². The van der Waals surface area contributed by atoms with Crippen molar-refractivity contribution >= 4 is 17.3 Å². The number of aromatic nitrogens is 2. The second kappa shape index (κ2) is 5.46. The Kier molecular flexibility index (Phi) is 3.74. The zero-order valence-electron chi connectivity index (χ0n) is 10.6. The molecule has 5 heteroatoms. The van der Waals surface area contributed by atoms with Gasteiger partial charge in [0, 0.05) is 11.3 Å². The van der Waals surface area contributed by atoms with Crippen molar-refractivity contribution in [2.75, 3.05) is 10.7 Å². The zero-order chi connectivity index (χ0) is 13.0. The first-order chi connectivity index (χ1) is 8.74. The third-order valence-corrected chi connectivity index (χ3v) is 2.85. The van der Waals surface area contributed by atoms with Gasteiger partial charge >= 0.3 is 0 Å². The molecule has 18 heavy (non-hydrogen) atoms. The second-order valence-electron chi connectivity index (χ2n) is 4.02. The van der Waals surface area contributed by atoms with E-state index in [-0.39, 0.29) is 0 Å². The first-order valence-electron chi connectivity index (χ1n) is 5.88. The fourth-order valence-electron chi connectivity index (χ4n) is 1.68. The number of anilines is 3. The number of nitrogens with zero attached hydrogens (tertiary/aromatic N) is 2. The minimum Gasteiger partial charge on any atom is -0.340 e. The Bertz CT molecular complexity index is 521. The van der Waals surface area contributed by atoms with Crippen molar-refractivity contribution < 1.29 is 0 Å². The molecule has 4 N–H and O–H groups in total. The summed E-state index contributed by atoms with van der Waals surface area (Å²) in [6.45, 7) is 4.05. The molecule has 5 nitrogen and oxygen atoms in total. The highest BCUT2D eigenvalue weighted by molar-refractivity contribution is 5.64. The average Bonchev–Trinajstić information content (AvgIpc) is 2.42. The van der Waals surface area contributed by atoms with E-state index in [1.807, 2.05) is 19.1 Å². The van der Waals surface area contributed by atoms with Crippen LogP contribution in [-0.2, 0) is 6.42 Å². The number of nitrogens with one attached hydrogen (secondary N) is 2. The molecule has 1 aromatic carbocycles. The summed E-state index contributed by atoms with van der Waals surface area (Å²) in [6.07, 6.45) is 2.51. The first-order valence-corrected chi connectivity index (χ1v) is 5.88. The lowest BCUT2D eigenvalue weighted by atomic mass is 10.1. The van der Waals surface area contributed by atoms with E-state index in [0.717, 1.165) is 23.5 Å². The highest BCUT2D eigenvalue weighted by Gasteiger charge is 2.05. The van der Waals surface area contributed by atoms with Gasteiger partial charge in [-0.3, -0.25) is 0 Å². The molecule has 0 aliphatic heterocycles. The molecule has 2 aromatic rings. The predicted molar refractivity (Wildman–Crippen MR) is 73.7 cm³/mol. The fourth-order valence-corrected chi connectivity index (χ4v) is 1.68. The average molecular weight is 243 g/mol. The number of hydrogen-bond donors (Lipinski definition) is 3. The lowest BCUT2D eigenvalue weighted by Gasteiger charge is -2.11. The first kappa shape index (κ1) is 12.3. The van der Waals surface area contributed by atoms with E-state index < -0.39 is 0 Å². The Morgan fingerprint density at radius 3 is 2.39 bits per heavy atom. The molecule has 0 saturated carbocycles. The van der Waals surface area contributed by atoms with E-state index >= 15 is 0 Å². The summed E-state index contributed by atoms with van der Waals surface area (Å²) >= 11 is 0. The van der Waals surface area contributed by atoms with Gasteiger partial charge in [0.1, 0.15) is 18.0 Å². The quantitative estimate of drug-likeness (QED) is 0.568. The lowest BCUT2D eigenvalue weighted by Crippen LogP contribution is -2.11. The Hall–Kier alpha value is -2.14. The normalized spacial score (nSPS) is 10.2. The molecule has 0 radical (unpaired) electrons. The molecule has 1 heterocycles. The smallest absolute Gasteiger partial charge is 0.148 e. The molecule has 0 aliphatic carbocycles. The standard InChI is InChI=1S/C13H17N5/c1-3-10-4-6-11(7-5-10)17-12-9(2)13(18-14)16-8-15-12/h4-8H,3,14H2,1-2H3,(H2,15,16,17,18). The molecule has 0 amide bonds. The molecule has 0 spiro atoms. The van der Waals surface area contributed by atoms with Gasteiger partial charge in [-0.2, -0.15) is 0 Å². The summed E-state index contributed by atoms with van der Waals surface area (Å²) in [7, 11) is 0. The summed E-state index contributed by atoms with van der Waals surface area (Å²) in [6, 6.07) is 8.27. The summed E-state index contributed by atoms with van der Waals surface area (Å²) in [4.78, 5) is 8.25. The van der Waals surface area contributed by atoms with Gasteiger partial charge in [-0.1, -0.05) is 19.1 Å². The third-order valence-electron chi connectivity index (χ3n) is 2.85. The van der Waals surface area contributed by atoms with Crippen molar-refractivity contribution in [3.8, 4) is 0 Å². The number of hydrogen-bond acceptors (Lipinski definition) is 5. The number of aryl methyl sites for hydroxylation is 1. The molecule has 94 valence electrons. The summed E-state index contributed by atoms with van der Waals surface area (Å²) in [5.74, 6) is 6.76. The Balaban J connectivity index is 2.22. The van der Waals surface area contributed by atoms with Crippen molar-refractivity contribution in [3.63, 3.8) is 0 Å². The van der Waals surface area contributed by atoms with Gasteiger partial charge in [-0.25, -0.2) is 15.8 Å². The molecule has 2 rings (SSSR count). The van der Waals surface area contributed by atoms with E-state index in [0.29, 0.717) is 5.82 Å². The van der Waals surface area contributed by atoms with Crippen molar-refractivity contribution in [1.82, 2.24) is 9.97 Å². The van der Waals surface area contributed by atoms with E-state index in [1.54, 1.807) is 0 Å². The minimum atomic E-state index is 0.623. The lowest BCUT2D eigenvalue weighted by molar-refractivity contribution is 1.10. The molecule has 0 bridgehead atoms. The van der Waals surface area contributed by atoms with Gasteiger partial charge in [0.2, 0.25) is 0 Å². The Morgan fingerprint density at radius 1 is 1.11 bits per heavy atom. The van der Waals surface area contributed by atoms with E-state index in [2.05, 4.69) is 39.8 Å². The van der Waals surface area contributed by atoms with Gasteiger partial charge in [0.05, 0.1) is 0 Å². The number of benzene rings is 1. The number of nitrogen functional groups attached to an aromatic ring is 1. The van der Waals surface area contributed by atoms with E-state index in [9.17, 15) is 0 Å². The molecular formula is C13H17N5. The molecule has 1 aromatic heterocycles. The van der Waals surface area contributed by atoms with Crippen molar-refractivity contribution in [1.29, 1.82) is 0 Å². The number of nitrogens with two attached hydrogens (primary N) is 1. The van der Waals surface area contributed by atoms with Crippen LogP contribution in [0.1, 0.15) is 18.1 Å². The third kappa shape index (κ3) is 2.57. The van der Waals surface area contributed by atoms with E-state index in [1.165, 1.54) is 11.9 Å². The van der Waals surface area contributed by atoms with Crippen LogP contribution in [0.15, 0.2) is 30.6 Å².